The predicted octanol–water partition coefficient (Wildman–Crippen LogP) is 2.56. The van der Waals surface area contributed by atoms with Crippen LogP contribution >= 0.6 is 0 Å². The second kappa shape index (κ2) is 9.20. The fourth-order valence-corrected chi connectivity index (χ4v) is 4.07. The first-order valence-corrected chi connectivity index (χ1v) is 9.71. The van der Waals surface area contributed by atoms with Gasteiger partial charge < -0.3 is 15.3 Å². The van der Waals surface area contributed by atoms with E-state index < -0.39 is 5.97 Å². The van der Waals surface area contributed by atoms with Gasteiger partial charge in [0.1, 0.15) is 0 Å². The number of carbonyl (C=O) groups is 3. The number of amides is 2. The monoisotopic (exact) mass is 352 g/mol. The minimum absolute atomic E-state index is 0.00615. The molecule has 0 heterocycles. The molecule has 0 bridgehead atoms. The Balaban J connectivity index is 1.80. The average molecular weight is 352 g/mol. The molecule has 6 nitrogen and oxygen atoms in total. The van der Waals surface area contributed by atoms with Gasteiger partial charge in [-0.15, -0.1) is 0 Å². The highest BCUT2D eigenvalue weighted by Gasteiger charge is 2.32. The van der Waals surface area contributed by atoms with Gasteiger partial charge in [-0.3, -0.25) is 14.4 Å². The lowest BCUT2D eigenvalue weighted by molar-refractivity contribution is -0.141. The fourth-order valence-electron chi connectivity index (χ4n) is 4.07. The maximum atomic E-state index is 12.7. The van der Waals surface area contributed by atoms with Crippen LogP contribution in [0.15, 0.2) is 0 Å². The number of nitrogens with one attached hydrogen (secondary N) is 1. The molecule has 0 spiro atoms. The maximum absolute atomic E-state index is 12.7. The zero-order valence-electron chi connectivity index (χ0n) is 15.5. The second-order valence-corrected chi connectivity index (χ2v) is 7.81. The van der Waals surface area contributed by atoms with E-state index in [9.17, 15) is 14.4 Å². The normalized spacial score (nSPS) is 24.3. The third kappa shape index (κ3) is 5.72. The number of rotatable bonds is 7. The molecule has 0 atom stereocenters. The van der Waals surface area contributed by atoms with Crippen LogP contribution in [0.2, 0.25) is 0 Å². The number of carboxylic acid groups (broad SMARTS) is 1. The number of carbonyl (C=O) groups excluding carboxylic acids is 2. The maximum Gasteiger partial charge on any atom is 0.305 e. The Morgan fingerprint density at radius 2 is 1.60 bits per heavy atom. The molecule has 25 heavy (non-hydrogen) atoms. The van der Waals surface area contributed by atoms with Gasteiger partial charge in [0.15, 0.2) is 0 Å². The van der Waals surface area contributed by atoms with E-state index in [1.165, 1.54) is 0 Å². The summed E-state index contributed by atoms with van der Waals surface area (Å²) in [5.41, 5.74) is 0. The molecule has 0 aliphatic heterocycles. The lowest BCUT2D eigenvalue weighted by Gasteiger charge is -2.34. The van der Waals surface area contributed by atoms with Crippen molar-refractivity contribution in [2.24, 2.45) is 11.8 Å². The molecule has 2 aliphatic rings. The molecule has 2 rings (SSSR count). The molecule has 0 saturated heterocycles. The molecule has 2 aliphatic carbocycles. The molecule has 142 valence electrons. The predicted molar refractivity (Wildman–Crippen MR) is 94.9 cm³/mol. The van der Waals surface area contributed by atoms with Gasteiger partial charge in [0.2, 0.25) is 11.8 Å². The van der Waals surface area contributed by atoms with Gasteiger partial charge in [0.25, 0.3) is 0 Å². The summed E-state index contributed by atoms with van der Waals surface area (Å²) in [6.07, 6.45) is 7.51. The Morgan fingerprint density at radius 1 is 1.00 bits per heavy atom. The third-order valence-corrected chi connectivity index (χ3v) is 5.62. The van der Waals surface area contributed by atoms with Crippen LogP contribution in [0.25, 0.3) is 0 Å². The molecule has 0 aromatic heterocycles. The smallest absolute Gasteiger partial charge is 0.305 e. The Labute approximate surface area is 150 Å². The summed E-state index contributed by atoms with van der Waals surface area (Å²) in [6.45, 7) is 4.12. The molecule has 2 fully saturated rings. The van der Waals surface area contributed by atoms with Crippen molar-refractivity contribution in [3.8, 4) is 0 Å². The molecule has 0 unspecified atom stereocenters. The molecule has 2 amide bonds. The first-order valence-electron chi connectivity index (χ1n) is 9.71. The van der Waals surface area contributed by atoms with Gasteiger partial charge >= 0.3 is 5.97 Å². The number of nitrogens with zero attached hydrogens (tertiary/aromatic N) is 1. The van der Waals surface area contributed by atoms with Crippen molar-refractivity contribution < 1.29 is 19.5 Å². The fraction of sp³-hybridized carbons (Fsp3) is 0.842. The van der Waals surface area contributed by atoms with E-state index in [2.05, 4.69) is 5.32 Å². The highest BCUT2D eigenvalue weighted by Crippen LogP contribution is 2.29. The van der Waals surface area contributed by atoms with Crippen molar-refractivity contribution in [1.29, 1.82) is 0 Å². The van der Waals surface area contributed by atoms with Crippen molar-refractivity contribution >= 4 is 17.8 Å². The molecular weight excluding hydrogens is 320 g/mol. The number of hydrogen-bond acceptors (Lipinski definition) is 3. The standard InChI is InChI=1S/C19H32N2O4/c1-13(2)21(12-11-17(22)23)19(25)15-7-9-16(10-8-15)20-18(24)14-5-3-4-6-14/h13-16H,3-12H2,1-2H3,(H,20,24)(H,22,23). The quantitative estimate of drug-likeness (QED) is 0.737. The van der Waals surface area contributed by atoms with Gasteiger partial charge in [-0.1, -0.05) is 12.8 Å². The largest absolute Gasteiger partial charge is 0.481 e. The Morgan fingerprint density at radius 3 is 2.12 bits per heavy atom. The Bertz CT molecular complexity index is 478. The van der Waals surface area contributed by atoms with Gasteiger partial charge in [-0.25, -0.2) is 0 Å². The van der Waals surface area contributed by atoms with E-state index in [1.807, 2.05) is 13.8 Å². The number of aliphatic carboxylic acids is 1. The zero-order chi connectivity index (χ0) is 18.4. The first kappa shape index (κ1) is 19.7. The van der Waals surface area contributed by atoms with Gasteiger partial charge in [0, 0.05) is 30.5 Å². The zero-order valence-corrected chi connectivity index (χ0v) is 15.5. The van der Waals surface area contributed by atoms with Crippen LogP contribution in [0, 0.1) is 11.8 Å². The van der Waals surface area contributed by atoms with E-state index in [0.717, 1.165) is 51.4 Å². The molecule has 2 saturated carbocycles. The summed E-state index contributed by atoms with van der Waals surface area (Å²) in [4.78, 5) is 37.5. The highest BCUT2D eigenvalue weighted by molar-refractivity contribution is 5.80. The van der Waals surface area contributed by atoms with Gasteiger partial charge in [0.05, 0.1) is 6.42 Å². The number of hydrogen-bond donors (Lipinski definition) is 2. The van der Waals surface area contributed by atoms with Crippen LogP contribution in [0.3, 0.4) is 0 Å². The van der Waals surface area contributed by atoms with Crippen molar-refractivity contribution in [1.82, 2.24) is 10.2 Å². The summed E-state index contributed by atoms with van der Waals surface area (Å²) in [6, 6.07) is 0.190. The van der Waals surface area contributed by atoms with Crippen LogP contribution in [0.5, 0.6) is 0 Å². The van der Waals surface area contributed by atoms with Gasteiger partial charge in [-0.2, -0.15) is 0 Å². The molecule has 0 radical (unpaired) electrons. The first-order chi connectivity index (χ1) is 11.9. The molecule has 6 heteroatoms. The summed E-state index contributed by atoms with van der Waals surface area (Å²) in [5.74, 6) is -0.478. The summed E-state index contributed by atoms with van der Waals surface area (Å²) >= 11 is 0. The lowest BCUT2D eigenvalue weighted by atomic mass is 9.84. The van der Waals surface area contributed by atoms with Crippen molar-refractivity contribution in [3.05, 3.63) is 0 Å². The van der Waals surface area contributed by atoms with E-state index in [1.54, 1.807) is 4.90 Å². The van der Waals surface area contributed by atoms with Crippen molar-refractivity contribution in [2.75, 3.05) is 6.54 Å². The lowest BCUT2D eigenvalue weighted by Crippen LogP contribution is -2.45. The van der Waals surface area contributed by atoms with Crippen LogP contribution in [-0.4, -0.2) is 46.4 Å². The minimum Gasteiger partial charge on any atom is -0.481 e. The minimum atomic E-state index is -0.878. The summed E-state index contributed by atoms with van der Waals surface area (Å²) < 4.78 is 0. The Kier molecular flexibility index (Phi) is 7.26. The topological polar surface area (TPSA) is 86.7 Å². The molecule has 2 N–H and O–H groups in total. The molecule has 0 aromatic carbocycles. The van der Waals surface area contributed by atoms with E-state index in [-0.39, 0.29) is 48.7 Å². The van der Waals surface area contributed by atoms with E-state index in [4.69, 9.17) is 5.11 Å². The average Bonchev–Trinajstić information content (AvgIpc) is 3.09. The van der Waals surface area contributed by atoms with E-state index >= 15 is 0 Å². The van der Waals surface area contributed by atoms with Crippen molar-refractivity contribution in [3.63, 3.8) is 0 Å². The molecule has 0 aromatic rings. The Hall–Kier alpha value is -1.59. The SMILES string of the molecule is CC(C)N(CCC(=O)O)C(=O)C1CCC(NC(=O)C2CCCC2)CC1. The van der Waals surface area contributed by atoms with Crippen molar-refractivity contribution in [2.45, 2.75) is 83.7 Å². The van der Waals surface area contributed by atoms with Crippen LogP contribution in [-0.2, 0) is 14.4 Å². The summed E-state index contributed by atoms with van der Waals surface area (Å²) in [7, 11) is 0. The van der Waals surface area contributed by atoms with Crippen LogP contribution in [0.1, 0.15) is 71.6 Å². The van der Waals surface area contributed by atoms with Gasteiger partial charge in [-0.05, 0) is 52.4 Å². The van der Waals surface area contributed by atoms with E-state index in [0.29, 0.717) is 0 Å². The third-order valence-electron chi connectivity index (χ3n) is 5.62. The highest BCUT2D eigenvalue weighted by atomic mass is 16.4. The second-order valence-electron chi connectivity index (χ2n) is 7.81. The van der Waals surface area contributed by atoms with Crippen LogP contribution < -0.4 is 5.32 Å². The molecular formula is C19H32N2O4. The summed E-state index contributed by atoms with van der Waals surface area (Å²) in [5, 5.41) is 12.0. The van der Waals surface area contributed by atoms with Crippen LogP contribution in [0.4, 0.5) is 0 Å². The number of carboxylic acids is 1.